The standard InChI is InChI=1S/C65H121NO3/c1-3-5-7-9-11-13-15-17-19-21-23-25-27-29-30-31-32-33-34-35-37-38-40-42-44-46-48-50-52-54-56-58-60-64(68)63(62-67)66-65(69)61-59-57-55-53-51-49-47-45-43-41-39-36-28-26-24-22-20-18-16-14-12-10-8-6-4-2/h16,18,22,24,28,36,50,52,58,60,63-64,67-68H,3-15,17,19-21,23,25-27,29-35,37-49,51,53-57,59,61-62H2,1-2H3,(H,66,69)/b18-16-,24-22-,36-28-,52-50+,60-58+. The Bertz CT molecular complexity index is 1140. The third kappa shape index (κ3) is 56.9. The maximum absolute atomic E-state index is 12.5. The van der Waals surface area contributed by atoms with Crippen molar-refractivity contribution >= 4 is 5.91 Å². The monoisotopic (exact) mass is 964 g/mol. The maximum Gasteiger partial charge on any atom is 0.220 e. The summed E-state index contributed by atoms with van der Waals surface area (Å²) in [6, 6.07) is -0.645. The molecule has 4 heteroatoms. The van der Waals surface area contributed by atoms with Crippen LogP contribution in [0.4, 0.5) is 0 Å². The Morgan fingerprint density at radius 3 is 0.942 bits per heavy atom. The normalized spacial score (nSPS) is 13.2. The highest BCUT2D eigenvalue weighted by atomic mass is 16.3. The van der Waals surface area contributed by atoms with Crippen molar-refractivity contribution in [3.63, 3.8) is 0 Å². The van der Waals surface area contributed by atoms with Gasteiger partial charge in [-0.05, 0) is 70.6 Å². The molecule has 0 bridgehead atoms. The van der Waals surface area contributed by atoms with E-state index in [-0.39, 0.29) is 12.5 Å². The molecule has 2 atom stereocenters. The number of aliphatic hydroxyl groups is 2. The van der Waals surface area contributed by atoms with Gasteiger partial charge in [-0.2, -0.15) is 0 Å². The minimum Gasteiger partial charge on any atom is -0.394 e. The van der Waals surface area contributed by atoms with Gasteiger partial charge in [-0.1, -0.05) is 312 Å². The highest BCUT2D eigenvalue weighted by molar-refractivity contribution is 5.76. The molecule has 1 amide bonds. The number of carbonyl (C=O) groups is 1. The lowest BCUT2D eigenvalue weighted by Crippen LogP contribution is -2.45. The summed E-state index contributed by atoms with van der Waals surface area (Å²) >= 11 is 0. The van der Waals surface area contributed by atoms with Gasteiger partial charge in [0, 0.05) is 6.42 Å². The van der Waals surface area contributed by atoms with Crippen LogP contribution in [0.2, 0.25) is 0 Å². The van der Waals surface area contributed by atoms with Crippen LogP contribution in [-0.2, 0) is 4.79 Å². The first-order valence-corrected chi connectivity index (χ1v) is 31.0. The van der Waals surface area contributed by atoms with Crippen molar-refractivity contribution in [2.45, 2.75) is 341 Å². The number of aliphatic hydroxyl groups excluding tert-OH is 2. The number of nitrogens with one attached hydrogen (secondary N) is 1. The van der Waals surface area contributed by atoms with Crippen LogP contribution in [0.3, 0.4) is 0 Å². The van der Waals surface area contributed by atoms with Crippen molar-refractivity contribution in [3.05, 3.63) is 60.8 Å². The molecule has 0 saturated heterocycles. The van der Waals surface area contributed by atoms with Crippen LogP contribution in [0.25, 0.3) is 0 Å². The zero-order valence-electron chi connectivity index (χ0n) is 46.6. The van der Waals surface area contributed by atoms with Crippen molar-refractivity contribution in [2.24, 2.45) is 0 Å². The predicted octanol–water partition coefficient (Wildman–Crippen LogP) is 20.8. The third-order valence-electron chi connectivity index (χ3n) is 14.2. The lowest BCUT2D eigenvalue weighted by molar-refractivity contribution is -0.123. The minimum absolute atomic E-state index is 0.0757. The average molecular weight is 965 g/mol. The topological polar surface area (TPSA) is 69.6 Å². The first-order valence-electron chi connectivity index (χ1n) is 31.0. The van der Waals surface area contributed by atoms with E-state index in [1.807, 2.05) is 6.08 Å². The van der Waals surface area contributed by atoms with Crippen LogP contribution in [0.1, 0.15) is 328 Å². The number of rotatable bonds is 57. The van der Waals surface area contributed by atoms with Crippen LogP contribution in [0, 0.1) is 0 Å². The van der Waals surface area contributed by atoms with Crippen LogP contribution >= 0.6 is 0 Å². The van der Waals surface area contributed by atoms with Crippen LogP contribution in [0.15, 0.2) is 60.8 Å². The molecule has 0 radical (unpaired) electrons. The van der Waals surface area contributed by atoms with Crippen molar-refractivity contribution in [3.8, 4) is 0 Å². The predicted molar refractivity (Wildman–Crippen MR) is 308 cm³/mol. The Hall–Kier alpha value is -1.91. The van der Waals surface area contributed by atoms with Crippen LogP contribution in [-0.4, -0.2) is 34.9 Å². The summed E-state index contributed by atoms with van der Waals surface area (Å²) in [6.45, 7) is 4.31. The zero-order chi connectivity index (χ0) is 49.9. The summed E-state index contributed by atoms with van der Waals surface area (Å²) in [4.78, 5) is 12.5. The number of hydrogen-bond acceptors (Lipinski definition) is 3. The molecule has 0 fully saturated rings. The summed E-state index contributed by atoms with van der Waals surface area (Å²) < 4.78 is 0. The summed E-state index contributed by atoms with van der Waals surface area (Å²) in [7, 11) is 0. The van der Waals surface area contributed by atoms with E-state index in [2.05, 4.69) is 67.8 Å². The average Bonchev–Trinajstić information content (AvgIpc) is 3.35. The largest absolute Gasteiger partial charge is 0.394 e. The van der Waals surface area contributed by atoms with E-state index < -0.39 is 12.1 Å². The fourth-order valence-corrected chi connectivity index (χ4v) is 9.50. The Balaban J connectivity index is 3.51. The minimum atomic E-state index is -0.868. The smallest absolute Gasteiger partial charge is 0.220 e. The fourth-order valence-electron chi connectivity index (χ4n) is 9.50. The van der Waals surface area contributed by atoms with Gasteiger partial charge in [0.05, 0.1) is 18.8 Å². The van der Waals surface area contributed by atoms with E-state index in [1.165, 1.54) is 263 Å². The van der Waals surface area contributed by atoms with Crippen LogP contribution < -0.4 is 5.32 Å². The highest BCUT2D eigenvalue weighted by Crippen LogP contribution is 2.17. The number of hydrogen-bond donors (Lipinski definition) is 3. The molecule has 0 aromatic rings. The van der Waals surface area contributed by atoms with Gasteiger partial charge in [0.1, 0.15) is 0 Å². The molecule has 0 aromatic heterocycles. The van der Waals surface area contributed by atoms with E-state index in [0.717, 1.165) is 44.9 Å². The summed E-state index contributed by atoms with van der Waals surface area (Å²) in [5.74, 6) is -0.0757. The molecule has 0 heterocycles. The highest BCUT2D eigenvalue weighted by Gasteiger charge is 2.18. The Morgan fingerprint density at radius 2 is 0.609 bits per heavy atom. The quantitative estimate of drug-likeness (QED) is 0.0420. The molecule has 0 saturated carbocycles. The van der Waals surface area contributed by atoms with Crippen molar-refractivity contribution in [1.82, 2.24) is 5.32 Å². The Morgan fingerprint density at radius 1 is 0.348 bits per heavy atom. The van der Waals surface area contributed by atoms with Crippen molar-refractivity contribution in [1.29, 1.82) is 0 Å². The summed E-state index contributed by atoms with van der Waals surface area (Å²) in [6.07, 6.45) is 85.6. The van der Waals surface area contributed by atoms with Gasteiger partial charge in [0.25, 0.3) is 0 Å². The van der Waals surface area contributed by atoms with Gasteiger partial charge in [0.2, 0.25) is 5.91 Å². The molecule has 0 aliphatic heterocycles. The van der Waals surface area contributed by atoms with E-state index in [1.54, 1.807) is 6.08 Å². The van der Waals surface area contributed by atoms with Gasteiger partial charge in [0.15, 0.2) is 0 Å². The van der Waals surface area contributed by atoms with Gasteiger partial charge in [-0.3, -0.25) is 4.79 Å². The Labute approximate surface area is 432 Å². The molecular weight excluding hydrogens is 843 g/mol. The third-order valence-corrected chi connectivity index (χ3v) is 14.2. The van der Waals surface area contributed by atoms with Gasteiger partial charge < -0.3 is 15.5 Å². The van der Waals surface area contributed by atoms with Crippen molar-refractivity contribution in [2.75, 3.05) is 6.61 Å². The molecule has 0 aromatic carbocycles. The molecule has 0 rings (SSSR count). The second-order valence-corrected chi connectivity index (χ2v) is 21.1. The maximum atomic E-state index is 12.5. The molecular formula is C65H121NO3. The first kappa shape index (κ1) is 67.1. The van der Waals surface area contributed by atoms with E-state index in [9.17, 15) is 15.0 Å². The van der Waals surface area contributed by atoms with Gasteiger partial charge in [-0.15, -0.1) is 0 Å². The molecule has 4 nitrogen and oxygen atoms in total. The lowest BCUT2D eigenvalue weighted by Gasteiger charge is -2.19. The molecule has 404 valence electrons. The second kappa shape index (κ2) is 60.4. The van der Waals surface area contributed by atoms with Crippen LogP contribution in [0.5, 0.6) is 0 Å². The SMILES string of the molecule is CCCCCCC/C=C\C/C=C\C/C=C\CCCCCCCCCCCCC(=O)NC(CO)C(O)/C=C/CC/C=C/CCCCCCCCCCCCCCCCCCCCCCCCCCCC. The van der Waals surface area contributed by atoms with Gasteiger partial charge >= 0.3 is 0 Å². The molecule has 3 N–H and O–H groups in total. The number of allylic oxidation sites excluding steroid dienone is 9. The zero-order valence-corrected chi connectivity index (χ0v) is 46.6. The molecule has 0 aliphatic carbocycles. The van der Waals surface area contributed by atoms with Gasteiger partial charge in [-0.25, -0.2) is 0 Å². The fraction of sp³-hybridized carbons (Fsp3) is 0.831. The number of amides is 1. The lowest BCUT2D eigenvalue weighted by atomic mass is 10.0. The molecule has 2 unspecified atom stereocenters. The molecule has 0 aliphatic rings. The summed E-state index contributed by atoms with van der Waals surface area (Å²) in [5.41, 5.74) is 0. The second-order valence-electron chi connectivity index (χ2n) is 21.1. The number of carbonyl (C=O) groups excluding carboxylic acids is 1. The molecule has 0 spiro atoms. The van der Waals surface area contributed by atoms with Crippen molar-refractivity contribution < 1.29 is 15.0 Å². The summed E-state index contributed by atoms with van der Waals surface area (Å²) in [5, 5.41) is 23.2. The molecule has 69 heavy (non-hydrogen) atoms. The number of unbranched alkanes of at least 4 members (excludes halogenated alkanes) is 42. The van der Waals surface area contributed by atoms with E-state index in [0.29, 0.717) is 6.42 Å². The first-order chi connectivity index (χ1) is 34.2. The van der Waals surface area contributed by atoms with E-state index in [4.69, 9.17) is 0 Å². The van der Waals surface area contributed by atoms with E-state index >= 15 is 0 Å². The Kier molecular flexibility index (Phi) is 58.7.